The molecule has 43 heavy (non-hydrogen) atoms. The van der Waals surface area contributed by atoms with E-state index in [-0.39, 0.29) is 18.8 Å². The summed E-state index contributed by atoms with van der Waals surface area (Å²) in [4.78, 5) is 38.3. The summed E-state index contributed by atoms with van der Waals surface area (Å²) in [5.74, 6) is -1.09. The standard InChI is InChI=1S/C35H42N4O4/c1-8-22-18(3)26-14-28-20(5)24(10-12-34(40)41)32(38-28)17-33-25(11-13-35(42)43-7)21(6)29(39-33)15-27-19(4)23(9-2)31(37-27)16-30(22)36-26/h14-17,36-39H,8-13H2,1-7H3,(H,40,41). The van der Waals surface area contributed by atoms with Gasteiger partial charge in [0.1, 0.15) is 0 Å². The zero-order valence-corrected chi connectivity index (χ0v) is 26.2. The maximum atomic E-state index is 12.1. The van der Waals surface area contributed by atoms with Crippen LogP contribution >= 0.6 is 0 Å². The number of aromatic amines is 4. The van der Waals surface area contributed by atoms with Gasteiger partial charge in [-0.25, -0.2) is 0 Å². The molecule has 0 radical (unpaired) electrons. The molecule has 4 aromatic rings. The third kappa shape index (κ3) is 5.66. The van der Waals surface area contributed by atoms with Crippen LogP contribution in [0.1, 0.15) is 94.0 Å². The number of hydrogen-bond acceptors (Lipinski definition) is 3. The SMILES string of the molecule is CCc1c2[nH]c(c1C)C=c1[nH]c(c(CCC(=O)O)c1C)=Cc1[nH]c(c(C)c1CCC(=O)OC)C=c1[nH]c(c(CC)c1C)=C2. The molecule has 0 unspecified atom stereocenters. The van der Waals surface area contributed by atoms with Crippen LogP contribution in [0.4, 0.5) is 0 Å². The van der Waals surface area contributed by atoms with E-state index in [2.05, 4.69) is 78.9 Å². The van der Waals surface area contributed by atoms with E-state index in [0.717, 1.165) is 79.3 Å². The molecule has 8 bridgehead atoms. The number of carbonyl (C=O) groups excluding carboxylic acids is 1. The number of carboxylic acids is 1. The van der Waals surface area contributed by atoms with Gasteiger partial charge in [-0.15, -0.1) is 0 Å². The van der Waals surface area contributed by atoms with Crippen LogP contribution in [0.3, 0.4) is 0 Å². The van der Waals surface area contributed by atoms with E-state index in [1.54, 1.807) is 0 Å². The molecule has 1 aliphatic rings. The van der Waals surface area contributed by atoms with Crippen LogP contribution in [0.15, 0.2) is 0 Å². The molecule has 5 rings (SSSR count). The summed E-state index contributed by atoms with van der Waals surface area (Å²) < 4.78 is 4.95. The first-order valence-corrected chi connectivity index (χ1v) is 15.1. The lowest BCUT2D eigenvalue weighted by molar-refractivity contribution is -0.140. The van der Waals surface area contributed by atoms with Crippen LogP contribution in [-0.4, -0.2) is 44.1 Å². The van der Waals surface area contributed by atoms with E-state index in [1.165, 1.54) is 29.4 Å². The molecule has 5 heterocycles. The minimum atomic E-state index is -0.832. The van der Waals surface area contributed by atoms with Crippen molar-refractivity contribution in [2.45, 2.75) is 80.1 Å². The third-order valence-electron chi connectivity index (χ3n) is 9.06. The summed E-state index contributed by atoms with van der Waals surface area (Å²) in [6.07, 6.45) is 11.6. The van der Waals surface area contributed by atoms with Gasteiger partial charge in [0, 0.05) is 57.0 Å². The van der Waals surface area contributed by atoms with Crippen LogP contribution in [0.25, 0.3) is 24.3 Å². The van der Waals surface area contributed by atoms with Crippen molar-refractivity contribution in [2.24, 2.45) is 0 Å². The second-order valence-corrected chi connectivity index (χ2v) is 11.5. The minimum absolute atomic E-state index is 0.0333. The van der Waals surface area contributed by atoms with Gasteiger partial charge in [-0.2, -0.15) is 0 Å². The number of carbonyl (C=O) groups is 2. The third-order valence-corrected chi connectivity index (χ3v) is 9.06. The molecule has 0 saturated carbocycles. The van der Waals surface area contributed by atoms with Gasteiger partial charge in [0.15, 0.2) is 0 Å². The first kappa shape index (κ1) is 30.0. The Hall–Kier alpha value is -4.46. The molecule has 0 aromatic carbocycles. The molecule has 0 saturated heterocycles. The van der Waals surface area contributed by atoms with Crippen molar-refractivity contribution in [1.82, 2.24) is 19.9 Å². The number of fused-ring (bicyclic) bond motifs is 8. The van der Waals surface area contributed by atoms with Gasteiger partial charge < -0.3 is 29.8 Å². The number of aliphatic carboxylic acids is 1. The first-order valence-electron chi connectivity index (χ1n) is 15.1. The lowest BCUT2D eigenvalue weighted by atomic mass is 10.0. The molecule has 1 aliphatic heterocycles. The summed E-state index contributed by atoms with van der Waals surface area (Å²) >= 11 is 0. The Labute approximate surface area is 251 Å². The number of H-pyrrole nitrogens is 4. The molecular formula is C35H42N4O4. The molecule has 226 valence electrons. The molecule has 8 nitrogen and oxygen atoms in total. The summed E-state index contributed by atoms with van der Waals surface area (Å²) in [6.45, 7) is 12.8. The molecule has 8 heteroatoms. The van der Waals surface area contributed by atoms with Gasteiger partial charge in [-0.3, -0.25) is 9.59 Å². The smallest absolute Gasteiger partial charge is 0.305 e. The van der Waals surface area contributed by atoms with Crippen molar-refractivity contribution in [1.29, 1.82) is 0 Å². The number of ether oxygens (including phenoxy) is 1. The highest BCUT2D eigenvalue weighted by Crippen LogP contribution is 2.23. The second-order valence-electron chi connectivity index (χ2n) is 11.5. The maximum Gasteiger partial charge on any atom is 0.305 e. The van der Waals surface area contributed by atoms with Crippen molar-refractivity contribution in [3.05, 3.63) is 88.7 Å². The highest BCUT2D eigenvalue weighted by molar-refractivity contribution is 5.71. The van der Waals surface area contributed by atoms with Crippen molar-refractivity contribution >= 4 is 36.2 Å². The Morgan fingerprint density at radius 2 is 1.07 bits per heavy atom. The summed E-state index contributed by atoms with van der Waals surface area (Å²) in [5, 5.41) is 13.5. The summed E-state index contributed by atoms with van der Waals surface area (Å²) in [7, 11) is 1.41. The Morgan fingerprint density at radius 1 is 0.605 bits per heavy atom. The van der Waals surface area contributed by atoms with Gasteiger partial charge in [0.2, 0.25) is 0 Å². The van der Waals surface area contributed by atoms with Gasteiger partial charge in [-0.1, -0.05) is 13.8 Å². The normalized spacial score (nSPS) is 12.3. The molecule has 5 N–H and O–H groups in total. The fraction of sp³-hybridized carbons (Fsp3) is 0.371. The first-order chi connectivity index (χ1) is 20.6. The molecule has 4 aromatic heterocycles. The number of methoxy groups -OCH3 is 1. The van der Waals surface area contributed by atoms with Crippen LogP contribution in [0.2, 0.25) is 0 Å². The van der Waals surface area contributed by atoms with E-state index >= 15 is 0 Å². The maximum absolute atomic E-state index is 12.1. The number of rotatable bonds is 8. The Kier molecular flexibility index (Phi) is 8.40. The largest absolute Gasteiger partial charge is 0.481 e. The quantitative estimate of drug-likeness (QED) is 0.180. The number of esters is 1. The van der Waals surface area contributed by atoms with E-state index in [0.29, 0.717) is 12.8 Å². The van der Waals surface area contributed by atoms with Crippen molar-refractivity contribution < 1.29 is 19.4 Å². The number of hydrogen-bond donors (Lipinski definition) is 5. The summed E-state index contributed by atoms with van der Waals surface area (Å²) in [6, 6.07) is 0. The average Bonchev–Trinajstić information content (AvgIpc) is 3.63. The van der Waals surface area contributed by atoms with Crippen molar-refractivity contribution in [2.75, 3.05) is 7.11 Å². The molecule has 0 atom stereocenters. The summed E-state index contributed by atoms with van der Waals surface area (Å²) in [5.41, 5.74) is 13.0. The fourth-order valence-electron chi connectivity index (χ4n) is 6.48. The van der Waals surface area contributed by atoms with E-state index in [4.69, 9.17) is 4.74 Å². The van der Waals surface area contributed by atoms with Crippen molar-refractivity contribution in [3.63, 3.8) is 0 Å². The Morgan fingerprint density at radius 3 is 1.60 bits per heavy atom. The van der Waals surface area contributed by atoms with Gasteiger partial charge >= 0.3 is 11.9 Å². The monoisotopic (exact) mass is 582 g/mol. The van der Waals surface area contributed by atoms with E-state index in [9.17, 15) is 14.7 Å². The van der Waals surface area contributed by atoms with Crippen molar-refractivity contribution in [3.8, 4) is 0 Å². The highest BCUT2D eigenvalue weighted by atomic mass is 16.5. The molecular weight excluding hydrogens is 540 g/mol. The molecule has 0 spiro atoms. The molecule has 0 fully saturated rings. The second kappa shape index (κ2) is 12.0. The number of carboxylic acid groups (broad SMARTS) is 1. The number of nitrogens with one attached hydrogen (secondary N) is 4. The van der Waals surface area contributed by atoms with Gasteiger partial charge in [-0.05, 0) is 122 Å². The van der Waals surface area contributed by atoms with Crippen LogP contribution < -0.4 is 21.4 Å². The minimum Gasteiger partial charge on any atom is -0.481 e. The zero-order chi connectivity index (χ0) is 31.0. The zero-order valence-electron chi connectivity index (χ0n) is 26.2. The topological polar surface area (TPSA) is 127 Å². The molecule has 0 amide bonds. The Balaban J connectivity index is 1.89. The average molecular weight is 583 g/mol. The lowest BCUT2D eigenvalue weighted by Crippen LogP contribution is -2.14. The van der Waals surface area contributed by atoms with Crippen LogP contribution in [0, 0.1) is 27.7 Å². The lowest BCUT2D eigenvalue weighted by Gasteiger charge is -2.03. The predicted octanol–water partition coefficient (Wildman–Crippen LogP) is 3.11. The highest BCUT2D eigenvalue weighted by Gasteiger charge is 2.17. The predicted molar refractivity (Wildman–Crippen MR) is 170 cm³/mol. The number of aromatic nitrogens is 4. The van der Waals surface area contributed by atoms with E-state index in [1.807, 2.05) is 6.92 Å². The Bertz CT molecular complexity index is 1980. The van der Waals surface area contributed by atoms with Crippen LogP contribution in [0.5, 0.6) is 0 Å². The van der Waals surface area contributed by atoms with Gasteiger partial charge in [0.05, 0.1) is 7.11 Å². The van der Waals surface area contributed by atoms with Gasteiger partial charge in [0.25, 0.3) is 0 Å². The van der Waals surface area contributed by atoms with Crippen LogP contribution in [-0.2, 0) is 40.0 Å². The molecule has 0 aliphatic carbocycles. The fourth-order valence-corrected chi connectivity index (χ4v) is 6.48. The van der Waals surface area contributed by atoms with E-state index < -0.39 is 5.97 Å².